The predicted octanol–water partition coefficient (Wildman–Crippen LogP) is 2.86. The van der Waals surface area contributed by atoms with Crippen molar-refractivity contribution < 1.29 is 9.53 Å². The summed E-state index contributed by atoms with van der Waals surface area (Å²) in [6.07, 6.45) is 3.74. The molecule has 0 spiro atoms. The summed E-state index contributed by atoms with van der Waals surface area (Å²) in [4.78, 5) is 12.2. The second-order valence-electron chi connectivity index (χ2n) is 4.44. The molecular formula is C14H18N2O2. The number of hydrogen-bond acceptors (Lipinski definition) is 4. The fraction of sp³-hybridized carbons (Fsp3) is 0.643. The number of rotatable bonds is 3. The molecule has 96 valence electrons. The van der Waals surface area contributed by atoms with Crippen LogP contribution in [0.1, 0.15) is 46.0 Å². The average molecular weight is 246 g/mol. The minimum atomic E-state index is -0.755. The van der Waals surface area contributed by atoms with Gasteiger partial charge in [-0.15, -0.1) is 0 Å². The first-order valence-electron chi connectivity index (χ1n) is 6.37. The zero-order valence-electron chi connectivity index (χ0n) is 11.0. The fourth-order valence-corrected chi connectivity index (χ4v) is 2.67. The highest BCUT2D eigenvalue weighted by atomic mass is 16.5. The molecule has 0 aromatic rings. The Morgan fingerprint density at radius 1 is 1.33 bits per heavy atom. The van der Waals surface area contributed by atoms with E-state index >= 15 is 0 Å². The minimum absolute atomic E-state index is 0.0876. The normalized spacial score (nSPS) is 22.8. The van der Waals surface area contributed by atoms with Gasteiger partial charge in [-0.1, -0.05) is 13.3 Å². The second kappa shape index (κ2) is 6.21. The Morgan fingerprint density at radius 2 is 2.00 bits per heavy atom. The Balaban J connectivity index is 3.29. The summed E-state index contributed by atoms with van der Waals surface area (Å²) in [5.74, 6) is -0.287. The van der Waals surface area contributed by atoms with Gasteiger partial charge < -0.3 is 4.74 Å². The van der Waals surface area contributed by atoms with Crippen LogP contribution in [0.3, 0.4) is 0 Å². The van der Waals surface area contributed by atoms with Crippen LogP contribution in [0.2, 0.25) is 0 Å². The van der Waals surface area contributed by atoms with E-state index in [0.717, 1.165) is 12.8 Å². The van der Waals surface area contributed by atoms with E-state index in [9.17, 15) is 4.79 Å². The van der Waals surface area contributed by atoms with Crippen LogP contribution in [0.25, 0.3) is 0 Å². The molecule has 1 rings (SSSR count). The van der Waals surface area contributed by atoms with E-state index in [1.807, 2.05) is 19.1 Å². The molecule has 1 saturated carbocycles. The van der Waals surface area contributed by atoms with Gasteiger partial charge in [-0.25, -0.2) is 0 Å². The minimum Gasteiger partial charge on any atom is -0.465 e. The monoisotopic (exact) mass is 246 g/mol. The molecule has 0 amide bonds. The van der Waals surface area contributed by atoms with E-state index < -0.39 is 5.41 Å². The summed E-state index contributed by atoms with van der Waals surface area (Å²) in [6, 6.07) is 3.84. The first-order valence-corrected chi connectivity index (χ1v) is 6.37. The van der Waals surface area contributed by atoms with Crippen molar-refractivity contribution in [1.82, 2.24) is 0 Å². The van der Waals surface area contributed by atoms with Crippen molar-refractivity contribution in [2.24, 2.45) is 5.41 Å². The van der Waals surface area contributed by atoms with E-state index in [2.05, 4.69) is 0 Å². The van der Waals surface area contributed by atoms with Crippen LogP contribution >= 0.6 is 0 Å². The number of nitrogens with zero attached hydrogens (tertiary/aromatic N) is 2. The summed E-state index contributed by atoms with van der Waals surface area (Å²) in [5.41, 5.74) is 0.0130. The summed E-state index contributed by atoms with van der Waals surface area (Å²) in [7, 11) is 0. The zero-order valence-corrected chi connectivity index (χ0v) is 11.0. The SMILES string of the molecule is CCOC(=O)C1(CC)CCCCC1=C(C#N)C#N. The Labute approximate surface area is 108 Å². The molecule has 1 aliphatic carbocycles. The molecule has 18 heavy (non-hydrogen) atoms. The van der Waals surface area contributed by atoms with Gasteiger partial charge in [0, 0.05) is 0 Å². The van der Waals surface area contributed by atoms with Crippen molar-refractivity contribution in [1.29, 1.82) is 10.5 Å². The first kappa shape index (κ1) is 14.3. The van der Waals surface area contributed by atoms with E-state index in [1.54, 1.807) is 6.92 Å². The smallest absolute Gasteiger partial charge is 0.316 e. The maximum atomic E-state index is 12.2. The van der Waals surface area contributed by atoms with E-state index in [1.165, 1.54) is 0 Å². The Kier molecular flexibility index (Phi) is 4.92. The number of esters is 1. The van der Waals surface area contributed by atoms with Crippen LogP contribution in [0.15, 0.2) is 11.1 Å². The number of carbonyl (C=O) groups is 1. The Morgan fingerprint density at radius 3 is 2.50 bits per heavy atom. The highest BCUT2D eigenvalue weighted by Gasteiger charge is 2.44. The number of ether oxygens (including phenoxy) is 1. The van der Waals surface area contributed by atoms with Crippen LogP contribution in [0, 0.1) is 28.1 Å². The lowest BCUT2D eigenvalue weighted by Crippen LogP contribution is -2.37. The molecule has 1 fully saturated rings. The van der Waals surface area contributed by atoms with E-state index in [-0.39, 0.29) is 11.5 Å². The lowest BCUT2D eigenvalue weighted by Gasteiger charge is -2.36. The molecule has 4 nitrogen and oxygen atoms in total. The van der Waals surface area contributed by atoms with Gasteiger partial charge in [-0.3, -0.25) is 4.79 Å². The molecular weight excluding hydrogens is 228 g/mol. The zero-order chi connectivity index (χ0) is 13.6. The Bertz CT molecular complexity index is 424. The van der Waals surface area contributed by atoms with Gasteiger partial charge in [0.1, 0.15) is 17.7 Å². The number of carbonyl (C=O) groups excluding carboxylic acids is 1. The van der Waals surface area contributed by atoms with Gasteiger partial charge in [0.15, 0.2) is 0 Å². The summed E-state index contributed by atoms with van der Waals surface area (Å²) in [6.45, 7) is 4.00. The van der Waals surface area contributed by atoms with Crippen molar-refractivity contribution in [3.05, 3.63) is 11.1 Å². The number of nitriles is 2. The molecule has 0 aromatic carbocycles. The van der Waals surface area contributed by atoms with Gasteiger partial charge >= 0.3 is 5.97 Å². The molecule has 4 heteroatoms. The number of allylic oxidation sites excluding steroid dienone is 1. The lowest BCUT2D eigenvalue weighted by atomic mass is 9.67. The van der Waals surface area contributed by atoms with Gasteiger partial charge in [0.2, 0.25) is 0 Å². The van der Waals surface area contributed by atoms with E-state index in [4.69, 9.17) is 15.3 Å². The molecule has 1 atom stereocenters. The van der Waals surface area contributed by atoms with Crippen LogP contribution < -0.4 is 0 Å². The van der Waals surface area contributed by atoms with Crippen molar-refractivity contribution in [3.63, 3.8) is 0 Å². The third-order valence-electron chi connectivity index (χ3n) is 3.65. The molecule has 0 aromatic heterocycles. The molecule has 1 aliphatic rings. The quantitative estimate of drug-likeness (QED) is 0.567. The highest BCUT2D eigenvalue weighted by Crippen LogP contribution is 2.45. The van der Waals surface area contributed by atoms with Crippen molar-refractivity contribution in [2.75, 3.05) is 6.61 Å². The second-order valence-corrected chi connectivity index (χ2v) is 4.44. The van der Waals surface area contributed by atoms with Gasteiger partial charge in [-0.05, 0) is 38.2 Å². The standard InChI is InChI=1S/C14H18N2O2/c1-3-14(13(17)18-4-2)8-6-5-7-12(14)11(9-15)10-16/h3-8H2,1-2H3. The molecule has 0 bridgehead atoms. The van der Waals surface area contributed by atoms with Gasteiger partial charge in [-0.2, -0.15) is 10.5 Å². The fourth-order valence-electron chi connectivity index (χ4n) is 2.67. The average Bonchev–Trinajstić information content (AvgIpc) is 2.41. The maximum absolute atomic E-state index is 12.2. The molecule has 0 aliphatic heterocycles. The van der Waals surface area contributed by atoms with Crippen molar-refractivity contribution >= 4 is 5.97 Å². The molecule has 0 saturated heterocycles. The van der Waals surface area contributed by atoms with Crippen LogP contribution in [0.4, 0.5) is 0 Å². The van der Waals surface area contributed by atoms with Crippen LogP contribution in [0.5, 0.6) is 0 Å². The van der Waals surface area contributed by atoms with Gasteiger partial charge in [0.25, 0.3) is 0 Å². The third-order valence-corrected chi connectivity index (χ3v) is 3.65. The predicted molar refractivity (Wildman–Crippen MR) is 66.1 cm³/mol. The summed E-state index contributed by atoms with van der Waals surface area (Å²) < 4.78 is 5.15. The maximum Gasteiger partial charge on any atom is 0.316 e. The van der Waals surface area contributed by atoms with Crippen LogP contribution in [-0.4, -0.2) is 12.6 Å². The third kappa shape index (κ3) is 2.38. The molecule has 0 heterocycles. The largest absolute Gasteiger partial charge is 0.465 e. The summed E-state index contributed by atoms with van der Waals surface area (Å²) >= 11 is 0. The number of hydrogen-bond donors (Lipinski definition) is 0. The molecule has 0 radical (unpaired) electrons. The van der Waals surface area contributed by atoms with Crippen molar-refractivity contribution in [3.8, 4) is 12.1 Å². The van der Waals surface area contributed by atoms with Gasteiger partial charge in [0.05, 0.1) is 12.0 Å². The topological polar surface area (TPSA) is 73.9 Å². The van der Waals surface area contributed by atoms with E-state index in [0.29, 0.717) is 31.4 Å². The summed E-state index contributed by atoms with van der Waals surface area (Å²) in [5, 5.41) is 18.1. The highest BCUT2D eigenvalue weighted by molar-refractivity contribution is 5.81. The molecule has 1 unspecified atom stereocenters. The molecule has 0 N–H and O–H groups in total. The first-order chi connectivity index (χ1) is 8.66. The lowest BCUT2D eigenvalue weighted by molar-refractivity contribution is -0.154. The Hall–Kier alpha value is -1.81. The van der Waals surface area contributed by atoms with Crippen molar-refractivity contribution in [2.45, 2.75) is 46.0 Å². The van der Waals surface area contributed by atoms with Crippen LogP contribution in [-0.2, 0) is 9.53 Å².